The average molecular weight is 828 g/mol. The third-order valence-electron chi connectivity index (χ3n) is 11.6. The fourth-order valence-corrected chi connectivity index (χ4v) is 12.9. The molecule has 7 aromatic carbocycles. The van der Waals surface area contributed by atoms with E-state index in [1.165, 1.54) is 15.9 Å². The molecule has 7 aromatic rings. The molecule has 5 atom stereocenters. The molecular formula is C55H56O5P+. The fraction of sp³-hybridized carbons (Fsp3) is 0.236. The molecule has 0 amide bonds. The van der Waals surface area contributed by atoms with Crippen LogP contribution in [-0.2, 0) is 50.1 Å². The summed E-state index contributed by atoms with van der Waals surface area (Å²) >= 11 is 0. The SMILES string of the molecule is c1ccc(COC[C@H]2O[C@@H](CCC[P+](c3ccccc3)(c3ccccc3)c3ccccc3)[C@H](OCc3ccccc3)[C@@H](OCc3ccccc3)[C@H]2OCc2ccccc2)cc1. The van der Waals surface area contributed by atoms with Crippen LogP contribution in [-0.4, -0.2) is 43.3 Å². The van der Waals surface area contributed by atoms with E-state index < -0.39 is 31.7 Å². The molecule has 0 aliphatic carbocycles. The zero-order chi connectivity index (χ0) is 41.4. The summed E-state index contributed by atoms with van der Waals surface area (Å²) in [5.41, 5.74) is 4.38. The topological polar surface area (TPSA) is 46.2 Å². The average Bonchev–Trinajstić information content (AvgIpc) is 3.33. The Morgan fingerprint density at radius 3 is 1.08 bits per heavy atom. The van der Waals surface area contributed by atoms with E-state index in [0.717, 1.165) is 41.3 Å². The molecule has 6 heteroatoms. The van der Waals surface area contributed by atoms with Gasteiger partial charge in [-0.25, -0.2) is 0 Å². The van der Waals surface area contributed by atoms with Crippen LogP contribution in [0, 0.1) is 0 Å². The van der Waals surface area contributed by atoms with Crippen LogP contribution in [0.2, 0.25) is 0 Å². The first kappa shape index (κ1) is 42.5. The predicted octanol–water partition coefficient (Wildman–Crippen LogP) is 10.5. The van der Waals surface area contributed by atoms with E-state index in [-0.39, 0.29) is 6.10 Å². The van der Waals surface area contributed by atoms with Crippen molar-refractivity contribution in [3.8, 4) is 0 Å². The molecule has 0 saturated carbocycles. The van der Waals surface area contributed by atoms with Crippen LogP contribution in [0.15, 0.2) is 212 Å². The van der Waals surface area contributed by atoms with Gasteiger partial charge in [0.2, 0.25) is 0 Å². The second-order valence-electron chi connectivity index (χ2n) is 15.7. The maximum atomic E-state index is 7.30. The Hall–Kier alpha value is -5.23. The van der Waals surface area contributed by atoms with Gasteiger partial charge >= 0.3 is 0 Å². The molecule has 0 aromatic heterocycles. The van der Waals surface area contributed by atoms with E-state index >= 15 is 0 Å². The highest BCUT2D eigenvalue weighted by Crippen LogP contribution is 2.56. The van der Waals surface area contributed by atoms with Gasteiger partial charge in [-0.15, -0.1) is 0 Å². The second-order valence-corrected chi connectivity index (χ2v) is 19.3. The Morgan fingerprint density at radius 1 is 0.361 bits per heavy atom. The van der Waals surface area contributed by atoms with E-state index in [0.29, 0.717) is 33.0 Å². The predicted molar refractivity (Wildman–Crippen MR) is 249 cm³/mol. The van der Waals surface area contributed by atoms with E-state index in [9.17, 15) is 0 Å². The quantitative estimate of drug-likeness (QED) is 0.0717. The number of benzene rings is 7. The third-order valence-corrected chi connectivity index (χ3v) is 16.1. The lowest BCUT2D eigenvalue weighted by Crippen LogP contribution is -2.61. The minimum atomic E-state index is -2.07. The first-order valence-corrected chi connectivity index (χ1v) is 23.5. The summed E-state index contributed by atoms with van der Waals surface area (Å²) in [6.07, 6.45) is 0.583. The molecule has 1 fully saturated rings. The Kier molecular flexibility index (Phi) is 15.3. The van der Waals surface area contributed by atoms with Crippen LogP contribution in [0.4, 0.5) is 0 Å². The highest BCUT2D eigenvalue weighted by Gasteiger charge is 2.50. The van der Waals surface area contributed by atoms with Gasteiger partial charge in [0, 0.05) is 0 Å². The maximum Gasteiger partial charge on any atom is 0.115 e. The summed E-state index contributed by atoms with van der Waals surface area (Å²) in [6, 6.07) is 74.7. The molecule has 1 aliphatic heterocycles. The van der Waals surface area contributed by atoms with E-state index in [4.69, 9.17) is 23.7 Å². The molecule has 310 valence electrons. The minimum Gasteiger partial charge on any atom is -0.374 e. The Morgan fingerprint density at radius 2 is 0.689 bits per heavy atom. The van der Waals surface area contributed by atoms with Gasteiger partial charge in [0.15, 0.2) is 0 Å². The molecule has 0 spiro atoms. The highest BCUT2D eigenvalue weighted by atomic mass is 31.2. The normalized spacial score (nSPS) is 19.0. The second kappa shape index (κ2) is 22.0. The molecule has 61 heavy (non-hydrogen) atoms. The van der Waals surface area contributed by atoms with Crippen molar-refractivity contribution in [1.82, 2.24) is 0 Å². The molecule has 8 rings (SSSR count). The van der Waals surface area contributed by atoms with Crippen molar-refractivity contribution in [2.75, 3.05) is 12.8 Å². The number of ether oxygens (including phenoxy) is 5. The largest absolute Gasteiger partial charge is 0.374 e. The van der Waals surface area contributed by atoms with E-state index in [2.05, 4.69) is 164 Å². The maximum absolute atomic E-state index is 7.30. The molecule has 1 heterocycles. The summed E-state index contributed by atoms with van der Waals surface area (Å²) in [4.78, 5) is 0. The molecule has 5 nitrogen and oxygen atoms in total. The fourth-order valence-electron chi connectivity index (χ4n) is 8.53. The minimum absolute atomic E-state index is 0.296. The standard InChI is InChI=1S/C55H56O5P/c1-8-23-44(24-9-1)39-56-43-52-54(58-41-46-27-12-3-13-28-46)55(59-42-47-29-14-4-15-30-47)53(57-40-45-25-10-2-11-26-45)51(60-52)37-22-38-61(48-31-16-5-17-32-48,49-33-18-6-19-34-49)50-35-20-7-21-36-50/h1-21,23-36,51-55H,22,37-43H2/q+1/t51-,52+,53-,54-,55+/m0/s1. The van der Waals surface area contributed by atoms with Crippen LogP contribution in [0.5, 0.6) is 0 Å². The van der Waals surface area contributed by atoms with E-state index in [1.807, 2.05) is 48.5 Å². The molecule has 0 unspecified atom stereocenters. The molecule has 1 aliphatic rings. The summed E-state index contributed by atoms with van der Waals surface area (Å²) in [7, 11) is -2.07. The van der Waals surface area contributed by atoms with Crippen molar-refractivity contribution in [3.05, 3.63) is 235 Å². The van der Waals surface area contributed by atoms with Crippen LogP contribution >= 0.6 is 7.26 Å². The smallest absolute Gasteiger partial charge is 0.115 e. The van der Waals surface area contributed by atoms with Gasteiger partial charge in [0.25, 0.3) is 0 Å². The van der Waals surface area contributed by atoms with Crippen molar-refractivity contribution in [2.45, 2.75) is 69.8 Å². The Labute approximate surface area is 362 Å². The van der Waals surface area contributed by atoms with Gasteiger partial charge in [-0.05, 0) is 71.5 Å². The summed E-state index contributed by atoms with van der Waals surface area (Å²) < 4.78 is 34.9. The van der Waals surface area contributed by atoms with Gasteiger partial charge in [-0.3, -0.25) is 0 Å². The van der Waals surface area contributed by atoms with Gasteiger partial charge < -0.3 is 23.7 Å². The Bertz CT molecular complexity index is 2170. The van der Waals surface area contributed by atoms with Crippen molar-refractivity contribution in [2.24, 2.45) is 0 Å². The lowest BCUT2D eigenvalue weighted by Gasteiger charge is -2.46. The van der Waals surface area contributed by atoms with Gasteiger partial charge in [-0.1, -0.05) is 176 Å². The zero-order valence-electron chi connectivity index (χ0n) is 34.7. The van der Waals surface area contributed by atoms with Crippen LogP contribution < -0.4 is 15.9 Å². The first-order chi connectivity index (χ1) is 30.3. The van der Waals surface area contributed by atoms with Crippen LogP contribution in [0.25, 0.3) is 0 Å². The lowest BCUT2D eigenvalue weighted by molar-refractivity contribution is -0.273. The zero-order valence-corrected chi connectivity index (χ0v) is 35.6. The van der Waals surface area contributed by atoms with Crippen molar-refractivity contribution in [1.29, 1.82) is 0 Å². The number of hydrogen-bond acceptors (Lipinski definition) is 5. The van der Waals surface area contributed by atoms with Crippen molar-refractivity contribution >= 4 is 23.2 Å². The molecule has 1 saturated heterocycles. The van der Waals surface area contributed by atoms with Crippen LogP contribution in [0.1, 0.15) is 35.1 Å². The molecule has 0 radical (unpaired) electrons. The monoisotopic (exact) mass is 827 g/mol. The van der Waals surface area contributed by atoms with Gasteiger partial charge in [0.05, 0.1) is 45.3 Å². The van der Waals surface area contributed by atoms with Gasteiger partial charge in [-0.2, -0.15) is 0 Å². The van der Waals surface area contributed by atoms with Crippen molar-refractivity contribution < 1.29 is 23.7 Å². The summed E-state index contributed by atoms with van der Waals surface area (Å²) in [6.45, 7) is 2.06. The molecular weight excluding hydrogens is 772 g/mol. The van der Waals surface area contributed by atoms with Crippen LogP contribution in [0.3, 0.4) is 0 Å². The summed E-state index contributed by atoms with van der Waals surface area (Å²) in [5.74, 6) is 0. The molecule has 0 N–H and O–H groups in total. The number of hydrogen-bond donors (Lipinski definition) is 0. The lowest BCUT2D eigenvalue weighted by atomic mass is 9.92. The van der Waals surface area contributed by atoms with Crippen molar-refractivity contribution in [3.63, 3.8) is 0 Å². The first-order valence-electron chi connectivity index (χ1n) is 21.5. The molecule has 0 bridgehead atoms. The van der Waals surface area contributed by atoms with Gasteiger partial charge in [0.1, 0.15) is 47.6 Å². The third kappa shape index (κ3) is 11.2. The number of rotatable bonds is 20. The highest BCUT2D eigenvalue weighted by molar-refractivity contribution is 7.95. The Balaban J connectivity index is 1.14. The van der Waals surface area contributed by atoms with E-state index in [1.54, 1.807) is 0 Å². The summed E-state index contributed by atoms with van der Waals surface area (Å²) in [5, 5.41) is 4.12.